The van der Waals surface area contributed by atoms with Crippen LogP contribution in [-0.2, 0) is 0 Å². The molecule has 2 heterocycles. The van der Waals surface area contributed by atoms with Gasteiger partial charge >= 0.3 is 0 Å². The summed E-state index contributed by atoms with van der Waals surface area (Å²) in [6.45, 7) is 0. The van der Waals surface area contributed by atoms with Gasteiger partial charge in [0.05, 0.1) is 21.9 Å². The van der Waals surface area contributed by atoms with Crippen molar-refractivity contribution in [2.75, 3.05) is 11.1 Å². The average Bonchev–Trinajstić information content (AvgIpc) is 2.43. The number of nitrogen functional groups attached to an aromatic ring is 1. The summed E-state index contributed by atoms with van der Waals surface area (Å²) in [6, 6.07) is 9.06. The predicted molar refractivity (Wildman–Crippen MR) is 86.4 cm³/mol. The largest absolute Gasteiger partial charge is 0.399 e. The number of nitrogens with zero attached hydrogens (tertiary/aromatic N) is 2. The van der Waals surface area contributed by atoms with E-state index in [-0.39, 0.29) is 0 Å². The zero-order valence-electron chi connectivity index (χ0n) is 10.3. The first-order chi connectivity index (χ1) is 9.63. The molecule has 0 saturated heterocycles. The molecule has 2 aromatic heterocycles. The van der Waals surface area contributed by atoms with Crippen LogP contribution in [0.2, 0.25) is 5.02 Å². The Morgan fingerprint density at radius 2 is 1.95 bits per heavy atom. The molecular formula is C14H10BrClN4. The maximum atomic E-state index is 6.16. The van der Waals surface area contributed by atoms with E-state index in [1.54, 1.807) is 30.6 Å². The Kier molecular flexibility index (Phi) is 3.46. The first kappa shape index (κ1) is 13.1. The molecule has 4 nitrogen and oxygen atoms in total. The smallest absolute Gasteiger partial charge is 0.112 e. The van der Waals surface area contributed by atoms with E-state index in [9.17, 15) is 0 Å². The quantitative estimate of drug-likeness (QED) is 0.674. The molecule has 0 spiro atoms. The third kappa shape index (κ3) is 2.55. The molecule has 0 aliphatic carbocycles. The minimum Gasteiger partial charge on any atom is -0.399 e. The third-order valence-corrected chi connectivity index (χ3v) is 3.57. The van der Waals surface area contributed by atoms with Gasteiger partial charge in [0.15, 0.2) is 0 Å². The van der Waals surface area contributed by atoms with Gasteiger partial charge in [-0.3, -0.25) is 9.97 Å². The molecule has 0 aliphatic heterocycles. The number of benzene rings is 1. The summed E-state index contributed by atoms with van der Waals surface area (Å²) in [5.74, 6) is 0. The number of nitrogens with one attached hydrogen (secondary N) is 1. The van der Waals surface area contributed by atoms with Gasteiger partial charge < -0.3 is 11.1 Å². The van der Waals surface area contributed by atoms with Crippen LogP contribution in [0.25, 0.3) is 11.0 Å². The number of pyridine rings is 2. The van der Waals surface area contributed by atoms with E-state index in [4.69, 9.17) is 17.3 Å². The number of halogens is 2. The van der Waals surface area contributed by atoms with Gasteiger partial charge in [0.25, 0.3) is 0 Å². The summed E-state index contributed by atoms with van der Waals surface area (Å²) in [6.07, 6.45) is 3.45. The van der Waals surface area contributed by atoms with Crippen LogP contribution in [-0.4, -0.2) is 9.97 Å². The Morgan fingerprint density at radius 1 is 1.10 bits per heavy atom. The topological polar surface area (TPSA) is 63.8 Å². The number of nitrogens with two attached hydrogens (primary N) is 1. The molecule has 0 bridgehead atoms. The molecule has 20 heavy (non-hydrogen) atoms. The molecule has 0 unspecified atom stereocenters. The van der Waals surface area contributed by atoms with E-state index in [0.717, 1.165) is 26.9 Å². The molecular weight excluding hydrogens is 340 g/mol. The molecule has 0 aliphatic rings. The van der Waals surface area contributed by atoms with Crippen molar-refractivity contribution in [3.63, 3.8) is 0 Å². The highest BCUT2D eigenvalue weighted by atomic mass is 79.9. The van der Waals surface area contributed by atoms with E-state index in [0.29, 0.717) is 10.7 Å². The molecule has 0 radical (unpaired) electrons. The summed E-state index contributed by atoms with van der Waals surface area (Å²) < 4.78 is 0.886. The van der Waals surface area contributed by atoms with E-state index in [2.05, 4.69) is 31.2 Å². The molecule has 1 aromatic carbocycles. The van der Waals surface area contributed by atoms with Crippen LogP contribution in [0.15, 0.2) is 47.2 Å². The second-order valence-electron chi connectivity index (χ2n) is 4.24. The molecule has 0 saturated carbocycles. The number of aromatic nitrogens is 2. The van der Waals surface area contributed by atoms with Gasteiger partial charge in [-0.25, -0.2) is 0 Å². The molecule has 6 heteroatoms. The summed E-state index contributed by atoms with van der Waals surface area (Å²) in [5, 5.41) is 3.84. The number of hydrogen-bond donors (Lipinski definition) is 2. The van der Waals surface area contributed by atoms with Gasteiger partial charge in [0.2, 0.25) is 0 Å². The maximum Gasteiger partial charge on any atom is 0.112 e. The lowest BCUT2D eigenvalue weighted by molar-refractivity contribution is 1.32. The molecule has 3 rings (SSSR count). The van der Waals surface area contributed by atoms with Crippen molar-refractivity contribution in [1.82, 2.24) is 9.97 Å². The molecule has 0 fully saturated rings. The van der Waals surface area contributed by atoms with Crippen molar-refractivity contribution < 1.29 is 0 Å². The van der Waals surface area contributed by atoms with E-state index in [1.165, 1.54) is 0 Å². The minimum atomic E-state index is 0.598. The fourth-order valence-corrected chi connectivity index (χ4v) is 2.37. The average molecular weight is 350 g/mol. The van der Waals surface area contributed by atoms with E-state index >= 15 is 0 Å². The van der Waals surface area contributed by atoms with E-state index < -0.39 is 0 Å². The van der Waals surface area contributed by atoms with Gasteiger partial charge in [-0.1, -0.05) is 11.6 Å². The molecule has 0 atom stereocenters. The highest BCUT2D eigenvalue weighted by molar-refractivity contribution is 9.10. The van der Waals surface area contributed by atoms with Gasteiger partial charge in [-0.2, -0.15) is 0 Å². The second-order valence-corrected chi connectivity index (χ2v) is 5.57. The fraction of sp³-hybridized carbons (Fsp3) is 0. The van der Waals surface area contributed by atoms with Crippen molar-refractivity contribution >= 4 is 55.6 Å². The number of fused-ring (bicyclic) bond motifs is 1. The van der Waals surface area contributed by atoms with Crippen LogP contribution in [0.5, 0.6) is 0 Å². The Morgan fingerprint density at radius 3 is 2.80 bits per heavy atom. The lowest BCUT2D eigenvalue weighted by atomic mass is 10.2. The zero-order valence-corrected chi connectivity index (χ0v) is 12.6. The highest BCUT2D eigenvalue weighted by Crippen LogP contribution is 2.30. The van der Waals surface area contributed by atoms with Crippen LogP contribution in [0.4, 0.5) is 17.1 Å². The molecule has 100 valence electrons. The predicted octanol–water partition coefficient (Wildman–Crippen LogP) is 4.37. The maximum absolute atomic E-state index is 6.16. The molecule has 3 N–H and O–H groups in total. The fourth-order valence-electron chi connectivity index (χ4n) is 1.89. The van der Waals surface area contributed by atoms with Gasteiger partial charge in [0.1, 0.15) is 5.52 Å². The van der Waals surface area contributed by atoms with Crippen LogP contribution >= 0.6 is 27.5 Å². The lowest BCUT2D eigenvalue weighted by Gasteiger charge is -2.11. The first-order valence-corrected chi connectivity index (χ1v) is 7.03. The van der Waals surface area contributed by atoms with Crippen molar-refractivity contribution in [2.24, 2.45) is 0 Å². The van der Waals surface area contributed by atoms with Gasteiger partial charge in [-0.15, -0.1) is 0 Å². The first-order valence-electron chi connectivity index (χ1n) is 5.86. The number of anilines is 3. The van der Waals surface area contributed by atoms with Crippen molar-refractivity contribution in [1.29, 1.82) is 0 Å². The van der Waals surface area contributed by atoms with Crippen LogP contribution < -0.4 is 11.1 Å². The van der Waals surface area contributed by atoms with Crippen molar-refractivity contribution in [3.8, 4) is 0 Å². The summed E-state index contributed by atoms with van der Waals surface area (Å²) in [7, 11) is 0. The normalized spacial score (nSPS) is 10.7. The Balaban J connectivity index is 2.09. The Bertz CT molecular complexity index is 791. The zero-order chi connectivity index (χ0) is 14.1. The minimum absolute atomic E-state index is 0.598. The monoisotopic (exact) mass is 348 g/mol. The van der Waals surface area contributed by atoms with E-state index in [1.807, 2.05) is 12.1 Å². The Hall–Kier alpha value is -1.85. The van der Waals surface area contributed by atoms with Gasteiger partial charge in [0, 0.05) is 22.6 Å². The molecule has 3 aromatic rings. The summed E-state index contributed by atoms with van der Waals surface area (Å²) >= 11 is 9.55. The number of hydrogen-bond acceptors (Lipinski definition) is 4. The van der Waals surface area contributed by atoms with Crippen molar-refractivity contribution in [2.45, 2.75) is 0 Å². The van der Waals surface area contributed by atoms with Crippen LogP contribution in [0, 0.1) is 0 Å². The Labute approximate surface area is 129 Å². The van der Waals surface area contributed by atoms with Gasteiger partial charge in [-0.05, 0) is 46.3 Å². The standard InChI is InChI=1S/C14H10BrClN4/c15-8-5-13-14(19-7-8)11(3-4-18-13)20-12-6-9(17)1-2-10(12)16/h1-7H,17H2,(H,18,20). The third-order valence-electron chi connectivity index (χ3n) is 2.80. The lowest BCUT2D eigenvalue weighted by Crippen LogP contribution is -1.96. The SMILES string of the molecule is Nc1ccc(Cl)c(Nc2ccnc3cc(Br)cnc23)c1. The summed E-state index contributed by atoms with van der Waals surface area (Å²) in [5.41, 5.74) is 9.56. The second kappa shape index (κ2) is 5.26. The highest BCUT2D eigenvalue weighted by Gasteiger charge is 2.07. The van der Waals surface area contributed by atoms with Crippen LogP contribution in [0.3, 0.4) is 0 Å². The van der Waals surface area contributed by atoms with Crippen LogP contribution in [0.1, 0.15) is 0 Å². The number of rotatable bonds is 2. The van der Waals surface area contributed by atoms with Crippen molar-refractivity contribution in [3.05, 3.63) is 52.2 Å². The molecule has 0 amide bonds. The summed E-state index contributed by atoms with van der Waals surface area (Å²) in [4.78, 5) is 8.68.